The molecule has 0 spiro atoms. The fourth-order valence-corrected chi connectivity index (χ4v) is 4.10. The average molecular weight is 392 g/mol. The van der Waals surface area contributed by atoms with Gasteiger partial charge in [0.05, 0.1) is 23.1 Å². The van der Waals surface area contributed by atoms with Gasteiger partial charge in [0.1, 0.15) is 0 Å². The smallest absolute Gasteiger partial charge is 0.335 e. The lowest BCUT2D eigenvalue weighted by Gasteiger charge is -2.19. The summed E-state index contributed by atoms with van der Waals surface area (Å²) in [5.41, 5.74) is 1.28. The number of amides is 3. The van der Waals surface area contributed by atoms with E-state index in [1.165, 1.54) is 35.2 Å². The molecule has 148 valence electrons. The highest BCUT2D eigenvalue weighted by Crippen LogP contribution is 2.40. The summed E-state index contributed by atoms with van der Waals surface area (Å²) in [6, 6.07) is 12.2. The molecule has 2 aliphatic rings. The molecule has 0 bridgehead atoms. The van der Waals surface area contributed by atoms with Gasteiger partial charge >= 0.3 is 5.97 Å². The SMILES string of the molecule is O=C(O)c1ccc(NC(=O)c2cccc(N3C(=O)[C@H]4CCCC[C@@H]4C3=O)c2)cc1. The Labute approximate surface area is 167 Å². The van der Waals surface area contributed by atoms with Crippen LogP contribution >= 0.6 is 0 Å². The number of fused-ring (bicyclic) bond motifs is 1. The average Bonchev–Trinajstić information content (AvgIpc) is 2.99. The number of hydrogen-bond donors (Lipinski definition) is 2. The molecule has 2 N–H and O–H groups in total. The number of hydrogen-bond acceptors (Lipinski definition) is 4. The third-order valence-electron chi connectivity index (χ3n) is 5.60. The van der Waals surface area contributed by atoms with Crippen LogP contribution in [0.1, 0.15) is 46.4 Å². The van der Waals surface area contributed by atoms with Gasteiger partial charge in [0.25, 0.3) is 5.91 Å². The molecular formula is C22H20N2O5. The third-order valence-corrected chi connectivity index (χ3v) is 5.60. The monoisotopic (exact) mass is 392 g/mol. The minimum atomic E-state index is -1.05. The molecule has 0 radical (unpaired) electrons. The van der Waals surface area contributed by atoms with Crippen molar-refractivity contribution < 1.29 is 24.3 Å². The number of rotatable bonds is 4. The summed E-state index contributed by atoms with van der Waals surface area (Å²) in [6.45, 7) is 0. The molecule has 7 nitrogen and oxygen atoms in total. The van der Waals surface area contributed by atoms with Gasteiger partial charge < -0.3 is 10.4 Å². The number of nitrogens with one attached hydrogen (secondary N) is 1. The van der Waals surface area contributed by atoms with Crippen molar-refractivity contribution in [1.29, 1.82) is 0 Å². The Balaban J connectivity index is 1.54. The first-order valence-electron chi connectivity index (χ1n) is 9.58. The zero-order valence-electron chi connectivity index (χ0n) is 15.6. The molecule has 0 aromatic heterocycles. The van der Waals surface area contributed by atoms with Crippen LogP contribution in [0.2, 0.25) is 0 Å². The van der Waals surface area contributed by atoms with E-state index in [4.69, 9.17) is 5.11 Å². The van der Waals surface area contributed by atoms with E-state index in [1.807, 2.05) is 0 Å². The van der Waals surface area contributed by atoms with Gasteiger partial charge in [0.15, 0.2) is 0 Å². The largest absolute Gasteiger partial charge is 0.478 e. The molecule has 1 saturated heterocycles. The normalized spacial score (nSPS) is 21.0. The number of carbonyl (C=O) groups excluding carboxylic acids is 3. The van der Waals surface area contributed by atoms with Crippen LogP contribution in [0.5, 0.6) is 0 Å². The first-order chi connectivity index (χ1) is 14.0. The van der Waals surface area contributed by atoms with Gasteiger partial charge in [0, 0.05) is 11.3 Å². The highest BCUT2D eigenvalue weighted by molar-refractivity contribution is 6.22. The van der Waals surface area contributed by atoms with Gasteiger partial charge in [-0.05, 0) is 55.3 Å². The third kappa shape index (κ3) is 3.51. The number of imide groups is 1. The van der Waals surface area contributed by atoms with E-state index in [0.717, 1.165) is 25.7 Å². The number of carboxylic acids is 1. The molecule has 3 amide bonds. The molecule has 2 aromatic rings. The zero-order valence-corrected chi connectivity index (χ0v) is 15.6. The van der Waals surface area contributed by atoms with Gasteiger partial charge in [-0.2, -0.15) is 0 Å². The number of benzene rings is 2. The fourth-order valence-electron chi connectivity index (χ4n) is 4.10. The van der Waals surface area contributed by atoms with Crippen molar-refractivity contribution in [2.75, 3.05) is 10.2 Å². The van der Waals surface area contributed by atoms with Crippen molar-refractivity contribution in [2.24, 2.45) is 11.8 Å². The minimum Gasteiger partial charge on any atom is -0.478 e. The summed E-state index contributed by atoms with van der Waals surface area (Å²) in [6.07, 6.45) is 3.38. The second kappa shape index (κ2) is 7.50. The van der Waals surface area contributed by atoms with Crippen LogP contribution in [0.15, 0.2) is 48.5 Å². The Morgan fingerprint density at radius 2 is 1.52 bits per heavy atom. The molecule has 2 fully saturated rings. The minimum absolute atomic E-state index is 0.123. The summed E-state index contributed by atoms with van der Waals surface area (Å²) in [4.78, 5) is 50.3. The van der Waals surface area contributed by atoms with E-state index in [2.05, 4.69) is 5.32 Å². The van der Waals surface area contributed by atoms with Crippen molar-refractivity contribution in [3.63, 3.8) is 0 Å². The summed E-state index contributed by atoms with van der Waals surface area (Å²) in [5, 5.41) is 11.6. The van der Waals surface area contributed by atoms with Crippen molar-refractivity contribution >= 4 is 35.1 Å². The number of carboxylic acid groups (broad SMARTS) is 1. The van der Waals surface area contributed by atoms with E-state index in [0.29, 0.717) is 16.9 Å². The summed E-state index contributed by atoms with van der Waals surface area (Å²) >= 11 is 0. The molecule has 4 rings (SSSR count). The van der Waals surface area contributed by atoms with Crippen molar-refractivity contribution in [2.45, 2.75) is 25.7 Å². The second-order valence-electron chi connectivity index (χ2n) is 7.40. The van der Waals surface area contributed by atoms with E-state index in [-0.39, 0.29) is 29.2 Å². The molecule has 7 heteroatoms. The van der Waals surface area contributed by atoms with Crippen LogP contribution < -0.4 is 10.2 Å². The first kappa shape index (κ1) is 18.9. The maximum Gasteiger partial charge on any atom is 0.335 e. The lowest BCUT2D eigenvalue weighted by Crippen LogP contribution is -2.31. The fraction of sp³-hybridized carbons (Fsp3) is 0.273. The summed E-state index contributed by atoms with van der Waals surface area (Å²) in [5.74, 6) is -2.31. The molecule has 1 aliphatic carbocycles. The Kier molecular flexibility index (Phi) is 4.88. The molecule has 2 atom stereocenters. The van der Waals surface area contributed by atoms with Crippen molar-refractivity contribution in [3.05, 3.63) is 59.7 Å². The van der Waals surface area contributed by atoms with Crippen LogP contribution in [0.3, 0.4) is 0 Å². The molecular weight excluding hydrogens is 372 g/mol. The van der Waals surface area contributed by atoms with E-state index in [9.17, 15) is 19.2 Å². The Morgan fingerprint density at radius 3 is 2.10 bits per heavy atom. The van der Waals surface area contributed by atoms with Gasteiger partial charge in [0.2, 0.25) is 11.8 Å². The van der Waals surface area contributed by atoms with Gasteiger partial charge in [-0.25, -0.2) is 4.79 Å². The topological polar surface area (TPSA) is 104 Å². The quantitative estimate of drug-likeness (QED) is 0.777. The predicted molar refractivity (Wildman–Crippen MR) is 106 cm³/mol. The number of nitrogens with zero attached hydrogens (tertiary/aromatic N) is 1. The zero-order chi connectivity index (χ0) is 20.5. The molecule has 29 heavy (non-hydrogen) atoms. The molecule has 1 aliphatic heterocycles. The number of aromatic carboxylic acids is 1. The maximum atomic E-state index is 12.8. The van der Waals surface area contributed by atoms with Crippen LogP contribution in [0.4, 0.5) is 11.4 Å². The van der Waals surface area contributed by atoms with E-state index >= 15 is 0 Å². The van der Waals surface area contributed by atoms with Crippen LogP contribution in [-0.4, -0.2) is 28.8 Å². The predicted octanol–water partition coefficient (Wildman–Crippen LogP) is 3.32. The number of carbonyl (C=O) groups is 4. The highest BCUT2D eigenvalue weighted by atomic mass is 16.4. The van der Waals surface area contributed by atoms with Gasteiger partial charge in [-0.15, -0.1) is 0 Å². The van der Waals surface area contributed by atoms with Gasteiger partial charge in [-0.1, -0.05) is 18.9 Å². The highest BCUT2D eigenvalue weighted by Gasteiger charge is 2.48. The van der Waals surface area contributed by atoms with Crippen LogP contribution in [0, 0.1) is 11.8 Å². The van der Waals surface area contributed by atoms with E-state index in [1.54, 1.807) is 18.2 Å². The lowest BCUT2D eigenvalue weighted by molar-refractivity contribution is -0.122. The van der Waals surface area contributed by atoms with Gasteiger partial charge in [-0.3, -0.25) is 19.3 Å². The van der Waals surface area contributed by atoms with E-state index < -0.39 is 11.9 Å². The molecule has 2 aromatic carbocycles. The second-order valence-corrected chi connectivity index (χ2v) is 7.40. The lowest BCUT2D eigenvalue weighted by atomic mass is 9.81. The number of anilines is 2. The Hall–Kier alpha value is -3.48. The molecule has 1 saturated carbocycles. The molecule has 1 heterocycles. The maximum absolute atomic E-state index is 12.8. The summed E-state index contributed by atoms with van der Waals surface area (Å²) in [7, 11) is 0. The van der Waals surface area contributed by atoms with Crippen molar-refractivity contribution in [3.8, 4) is 0 Å². The summed E-state index contributed by atoms with van der Waals surface area (Å²) < 4.78 is 0. The standard InChI is InChI=1S/C22H20N2O5/c25-19(23-15-10-8-13(9-11-15)22(28)29)14-4-3-5-16(12-14)24-20(26)17-6-1-2-7-18(17)21(24)27/h3-5,8-12,17-18H,1-2,6-7H2,(H,23,25)(H,28,29)/t17-,18-/m0/s1. The first-order valence-corrected chi connectivity index (χ1v) is 9.58. The Bertz CT molecular complexity index is 975. The Morgan fingerprint density at radius 1 is 0.897 bits per heavy atom. The van der Waals surface area contributed by atoms with Crippen molar-refractivity contribution in [1.82, 2.24) is 0 Å². The molecule has 0 unspecified atom stereocenters. The van der Waals surface area contributed by atoms with Crippen LogP contribution in [0.25, 0.3) is 0 Å². The van der Waals surface area contributed by atoms with Crippen LogP contribution in [-0.2, 0) is 9.59 Å².